The Morgan fingerprint density at radius 1 is 1.48 bits per heavy atom. The highest BCUT2D eigenvalue weighted by Gasteiger charge is 2.38. The number of β-amino-alcohol motifs (C(OH)–C–C–N with tert-alkyl or cyclic N) is 1. The Labute approximate surface area is 130 Å². The van der Waals surface area contributed by atoms with Gasteiger partial charge in [-0.15, -0.1) is 0 Å². The zero-order valence-corrected chi connectivity index (χ0v) is 12.9. The molecule has 3 N–H and O–H groups in total. The van der Waals surface area contributed by atoms with E-state index in [1.165, 1.54) is 19.3 Å². The highest BCUT2D eigenvalue weighted by molar-refractivity contribution is 7.80. The molecule has 0 spiro atoms. The number of ether oxygens (including phenoxy) is 1. The normalized spacial score (nSPS) is 26.0. The Morgan fingerprint density at radius 3 is 3.00 bits per heavy atom. The van der Waals surface area contributed by atoms with Crippen LogP contribution < -0.4 is 10.5 Å². The summed E-state index contributed by atoms with van der Waals surface area (Å²) in [6.45, 7) is 2.14. The van der Waals surface area contributed by atoms with Crippen LogP contribution in [0.25, 0.3) is 0 Å². The molecule has 3 unspecified atom stereocenters. The standard InChI is InChI=1S/C16H22N2O2S/c17-16(21)12-2-1-3-15(7-12)20-10-14(19)9-18-8-11-4-5-13(18)6-11/h1-3,7,11,13-14,19H,4-6,8-10H2,(H2,17,21). The van der Waals surface area contributed by atoms with Crippen molar-refractivity contribution in [3.63, 3.8) is 0 Å². The number of hydrogen-bond acceptors (Lipinski definition) is 4. The molecule has 1 aromatic rings. The van der Waals surface area contributed by atoms with E-state index in [0.29, 0.717) is 29.9 Å². The van der Waals surface area contributed by atoms with Gasteiger partial charge in [-0.05, 0) is 37.3 Å². The Hall–Kier alpha value is -1.17. The number of benzene rings is 1. The molecule has 4 nitrogen and oxygen atoms in total. The molecule has 3 rings (SSSR count). The summed E-state index contributed by atoms with van der Waals surface area (Å²) in [6, 6.07) is 8.06. The number of nitrogens with zero attached hydrogens (tertiary/aromatic N) is 1. The van der Waals surface area contributed by atoms with Gasteiger partial charge in [-0.2, -0.15) is 0 Å². The van der Waals surface area contributed by atoms with Crippen LogP contribution in [0.4, 0.5) is 0 Å². The summed E-state index contributed by atoms with van der Waals surface area (Å²) in [5.74, 6) is 1.55. The first-order valence-electron chi connectivity index (χ1n) is 7.56. The van der Waals surface area contributed by atoms with Gasteiger partial charge in [-0.3, -0.25) is 4.90 Å². The molecule has 2 bridgehead atoms. The minimum atomic E-state index is -0.460. The lowest BCUT2D eigenvalue weighted by molar-refractivity contribution is 0.0573. The van der Waals surface area contributed by atoms with Gasteiger partial charge in [-0.25, -0.2) is 0 Å². The van der Waals surface area contributed by atoms with E-state index >= 15 is 0 Å². The molecule has 2 fully saturated rings. The Balaban J connectivity index is 1.48. The SMILES string of the molecule is NC(=S)c1cccc(OCC(O)CN2CC3CCC2C3)c1. The van der Waals surface area contributed by atoms with Gasteiger partial charge in [0.15, 0.2) is 0 Å². The molecule has 2 aliphatic rings. The number of fused-ring (bicyclic) bond motifs is 2. The lowest BCUT2D eigenvalue weighted by Gasteiger charge is -2.28. The molecule has 1 aromatic carbocycles. The molecule has 0 aromatic heterocycles. The van der Waals surface area contributed by atoms with E-state index in [1.807, 2.05) is 24.3 Å². The van der Waals surface area contributed by atoms with E-state index in [9.17, 15) is 5.11 Å². The highest BCUT2D eigenvalue weighted by atomic mass is 32.1. The summed E-state index contributed by atoms with van der Waals surface area (Å²) in [6.07, 6.45) is 3.50. The summed E-state index contributed by atoms with van der Waals surface area (Å²) in [5.41, 5.74) is 6.39. The van der Waals surface area contributed by atoms with Crippen molar-refractivity contribution >= 4 is 17.2 Å². The van der Waals surface area contributed by atoms with Crippen molar-refractivity contribution in [2.24, 2.45) is 11.7 Å². The van der Waals surface area contributed by atoms with E-state index in [1.54, 1.807) is 0 Å². The van der Waals surface area contributed by atoms with Gasteiger partial charge < -0.3 is 15.6 Å². The minimum Gasteiger partial charge on any atom is -0.491 e. The molecule has 1 heterocycles. The van der Waals surface area contributed by atoms with Crippen LogP contribution in [-0.2, 0) is 0 Å². The first-order chi connectivity index (χ1) is 10.1. The van der Waals surface area contributed by atoms with Gasteiger partial charge >= 0.3 is 0 Å². The van der Waals surface area contributed by atoms with Gasteiger partial charge in [0, 0.05) is 24.7 Å². The van der Waals surface area contributed by atoms with Crippen molar-refractivity contribution in [2.45, 2.75) is 31.4 Å². The first-order valence-corrected chi connectivity index (χ1v) is 7.97. The lowest BCUT2D eigenvalue weighted by atomic mass is 10.1. The number of aliphatic hydroxyl groups excluding tert-OH is 1. The summed E-state index contributed by atoms with van der Waals surface area (Å²) in [4.78, 5) is 2.77. The van der Waals surface area contributed by atoms with Crippen LogP contribution in [0.15, 0.2) is 24.3 Å². The maximum absolute atomic E-state index is 10.2. The number of thiocarbonyl (C=S) groups is 1. The fourth-order valence-electron chi connectivity index (χ4n) is 3.51. The van der Waals surface area contributed by atoms with Gasteiger partial charge in [0.1, 0.15) is 23.4 Å². The van der Waals surface area contributed by atoms with Crippen LogP contribution in [-0.4, -0.2) is 46.8 Å². The number of rotatable bonds is 6. The van der Waals surface area contributed by atoms with Crippen LogP contribution in [0.2, 0.25) is 0 Å². The maximum Gasteiger partial charge on any atom is 0.120 e. The van der Waals surface area contributed by atoms with Crippen molar-refractivity contribution in [3.8, 4) is 5.75 Å². The molecule has 1 aliphatic carbocycles. The lowest BCUT2D eigenvalue weighted by Crippen LogP contribution is -2.40. The number of likely N-dealkylation sites (tertiary alicyclic amines) is 1. The van der Waals surface area contributed by atoms with Crippen LogP contribution >= 0.6 is 12.2 Å². The second kappa shape index (κ2) is 6.30. The third kappa shape index (κ3) is 3.54. The predicted octanol–water partition coefficient (Wildman–Crippen LogP) is 1.54. The summed E-state index contributed by atoms with van der Waals surface area (Å²) in [5, 5.41) is 10.2. The van der Waals surface area contributed by atoms with Crippen LogP contribution in [0.5, 0.6) is 5.75 Å². The number of piperidine rings is 1. The number of nitrogens with two attached hydrogens (primary N) is 1. The van der Waals surface area contributed by atoms with Gasteiger partial charge in [-0.1, -0.05) is 24.4 Å². The molecule has 1 saturated carbocycles. The quantitative estimate of drug-likeness (QED) is 0.781. The molecule has 1 saturated heterocycles. The van der Waals surface area contributed by atoms with Gasteiger partial charge in [0.05, 0.1) is 0 Å². The molecule has 0 radical (unpaired) electrons. The van der Waals surface area contributed by atoms with Crippen LogP contribution in [0, 0.1) is 5.92 Å². The van der Waals surface area contributed by atoms with Crippen LogP contribution in [0.1, 0.15) is 24.8 Å². The van der Waals surface area contributed by atoms with E-state index in [2.05, 4.69) is 4.90 Å². The first kappa shape index (κ1) is 14.8. The second-order valence-corrected chi connectivity index (χ2v) is 6.58. The Bertz CT molecular complexity index is 523. The van der Waals surface area contributed by atoms with Crippen molar-refractivity contribution in [3.05, 3.63) is 29.8 Å². The van der Waals surface area contributed by atoms with Crippen LogP contribution in [0.3, 0.4) is 0 Å². The Kier molecular flexibility index (Phi) is 4.42. The third-order valence-electron chi connectivity index (χ3n) is 4.53. The second-order valence-electron chi connectivity index (χ2n) is 6.14. The zero-order chi connectivity index (χ0) is 14.8. The van der Waals surface area contributed by atoms with Crippen molar-refractivity contribution in [1.29, 1.82) is 0 Å². The van der Waals surface area contributed by atoms with E-state index in [0.717, 1.165) is 18.0 Å². The third-order valence-corrected chi connectivity index (χ3v) is 4.76. The molecular weight excluding hydrogens is 284 g/mol. The average molecular weight is 306 g/mol. The van der Waals surface area contributed by atoms with Gasteiger partial charge in [0.2, 0.25) is 0 Å². The molecular formula is C16H22N2O2S. The zero-order valence-electron chi connectivity index (χ0n) is 12.1. The fraction of sp³-hybridized carbons (Fsp3) is 0.562. The smallest absolute Gasteiger partial charge is 0.120 e. The fourth-order valence-corrected chi connectivity index (χ4v) is 3.63. The molecule has 114 valence electrons. The molecule has 0 amide bonds. The molecule has 3 atom stereocenters. The van der Waals surface area contributed by atoms with E-state index in [-0.39, 0.29) is 0 Å². The number of hydrogen-bond donors (Lipinski definition) is 2. The maximum atomic E-state index is 10.2. The largest absolute Gasteiger partial charge is 0.491 e. The summed E-state index contributed by atoms with van der Waals surface area (Å²) >= 11 is 4.95. The van der Waals surface area contributed by atoms with E-state index < -0.39 is 6.10 Å². The van der Waals surface area contributed by atoms with Gasteiger partial charge in [0.25, 0.3) is 0 Å². The molecule has 1 aliphatic heterocycles. The van der Waals surface area contributed by atoms with Crippen molar-refractivity contribution < 1.29 is 9.84 Å². The molecule has 5 heteroatoms. The predicted molar refractivity (Wildman–Crippen MR) is 86.5 cm³/mol. The highest BCUT2D eigenvalue weighted by Crippen LogP contribution is 2.37. The average Bonchev–Trinajstić information content (AvgIpc) is 3.08. The summed E-state index contributed by atoms with van der Waals surface area (Å²) in [7, 11) is 0. The topological polar surface area (TPSA) is 58.7 Å². The number of aliphatic hydroxyl groups is 1. The Morgan fingerprint density at radius 2 is 2.33 bits per heavy atom. The van der Waals surface area contributed by atoms with Crippen molar-refractivity contribution in [1.82, 2.24) is 4.90 Å². The summed E-state index contributed by atoms with van der Waals surface area (Å²) < 4.78 is 5.66. The van der Waals surface area contributed by atoms with Crippen molar-refractivity contribution in [2.75, 3.05) is 19.7 Å². The molecule has 21 heavy (non-hydrogen) atoms. The van der Waals surface area contributed by atoms with E-state index in [4.69, 9.17) is 22.7 Å². The monoisotopic (exact) mass is 306 g/mol. The minimum absolute atomic E-state index is 0.300.